The second-order valence-electron chi connectivity index (χ2n) is 1.86. The fraction of sp³-hybridized carbons (Fsp3) is 0.143. The first-order valence-corrected chi connectivity index (χ1v) is 2.95. The van der Waals surface area contributed by atoms with Crippen LogP contribution in [0, 0.1) is 19.3 Å². The molecule has 0 aliphatic rings. The Kier molecular flexibility index (Phi) is 1.93. The van der Waals surface area contributed by atoms with Crippen LogP contribution < -0.4 is 5.73 Å². The molecule has 0 aromatic carbocycles. The Morgan fingerprint density at radius 2 is 2.55 bits per heavy atom. The molecular formula is C7H7N3O. The van der Waals surface area contributed by atoms with Crippen molar-refractivity contribution in [1.29, 1.82) is 0 Å². The third-order valence-corrected chi connectivity index (χ3v) is 1.05. The number of hydrogen-bond donors (Lipinski definition) is 1. The third kappa shape index (κ3) is 1.58. The lowest BCUT2D eigenvalue weighted by atomic mass is 10.5. The van der Waals surface area contributed by atoms with E-state index in [-0.39, 0.29) is 6.01 Å². The number of aryl methyl sites for hydroxylation is 1. The van der Waals surface area contributed by atoms with Gasteiger partial charge in [0.15, 0.2) is 5.82 Å². The van der Waals surface area contributed by atoms with Crippen molar-refractivity contribution in [2.75, 3.05) is 5.73 Å². The highest BCUT2D eigenvalue weighted by Crippen LogP contribution is 2.18. The van der Waals surface area contributed by atoms with Crippen LogP contribution in [0.15, 0.2) is 9.41 Å². The largest absolute Gasteiger partial charge is 0.427 e. The quantitative estimate of drug-likeness (QED) is 0.476. The van der Waals surface area contributed by atoms with Crippen molar-refractivity contribution >= 4 is 18.0 Å². The van der Waals surface area contributed by atoms with Crippen molar-refractivity contribution in [3.8, 4) is 12.3 Å². The Hall–Kier alpha value is -1.76. The first-order valence-electron chi connectivity index (χ1n) is 2.95. The van der Waals surface area contributed by atoms with Crippen molar-refractivity contribution in [3.63, 3.8) is 0 Å². The number of anilines is 1. The van der Waals surface area contributed by atoms with Crippen LogP contribution in [-0.2, 0) is 0 Å². The standard InChI is InChI=1S/C7H7N3O/c1-3-4-9-6-5(2)11-7(8)10-6/h1,4H,2H3,(H2,8,10)/b9-4-. The Labute approximate surface area is 64.1 Å². The number of nitrogens with two attached hydrogens (primary N) is 1. The van der Waals surface area contributed by atoms with Crippen LogP contribution in [0.2, 0.25) is 0 Å². The van der Waals surface area contributed by atoms with Gasteiger partial charge in [0.1, 0.15) is 5.76 Å². The zero-order chi connectivity index (χ0) is 8.27. The maximum atomic E-state index is 5.25. The molecule has 0 bridgehead atoms. The van der Waals surface area contributed by atoms with Gasteiger partial charge in [-0.25, -0.2) is 4.99 Å². The monoisotopic (exact) mass is 149 g/mol. The minimum absolute atomic E-state index is 0.103. The van der Waals surface area contributed by atoms with Gasteiger partial charge in [0.05, 0.1) is 6.21 Å². The summed E-state index contributed by atoms with van der Waals surface area (Å²) in [5, 5.41) is 0. The van der Waals surface area contributed by atoms with Crippen LogP contribution >= 0.6 is 0 Å². The summed E-state index contributed by atoms with van der Waals surface area (Å²) in [6.45, 7) is 1.71. The lowest BCUT2D eigenvalue weighted by Gasteiger charge is -1.80. The molecule has 11 heavy (non-hydrogen) atoms. The van der Waals surface area contributed by atoms with Crippen LogP contribution in [0.4, 0.5) is 11.8 Å². The van der Waals surface area contributed by atoms with Crippen LogP contribution in [0.3, 0.4) is 0 Å². The van der Waals surface area contributed by atoms with Gasteiger partial charge in [0.25, 0.3) is 6.01 Å². The summed E-state index contributed by atoms with van der Waals surface area (Å²) in [6.07, 6.45) is 6.24. The molecule has 1 rings (SSSR count). The molecular weight excluding hydrogens is 142 g/mol. The zero-order valence-electron chi connectivity index (χ0n) is 6.03. The fourth-order valence-electron chi connectivity index (χ4n) is 0.627. The normalized spacial score (nSPS) is 10.2. The highest BCUT2D eigenvalue weighted by molar-refractivity contribution is 5.79. The molecule has 0 amide bonds. The molecule has 1 heterocycles. The van der Waals surface area contributed by atoms with Crippen molar-refractivity contribution in [2.45, 2.75) is 6.92 Å². The van der Waals surface area contributed by atoms with E-state index in [9.17, 15) is 0 Å². The SMILES string of the molecule is C#C/C=N\c1nc(N)oc1C. The zero-order valence-corrected chi connectivity index (χ0v) is 6.03. The van der Waals surface area contributed by atoms with Gasteiger partial charge in [0, 0.05) is 0 Å². The minimum Gasteiger partial charge on any atom is -0.427 e. The molecule has 0 aliphatic heterocycles. The molecule has 0 aliphatic carbocycles. The van der Waals surface area contributed by atoms with E-state index >= 15 is 0 Å². The van der Waals surface area contributed by atoms with Gasteiger partial charge < -0.3 is 10.2 Å². The number of rotatable bonds is 1. The van der Waals surface area contributed by atoms with E-state index in [2.05, 4.69) is 15.9 Å². The molecule has 0 atom stereocenters. The summed E-state index contributed by atoms with van der Waals surface area (Å²) in [5.74, 6) is 3.23. The van der Waals surface area contributed by atoms with E-state index in [1.165, 1.54) is 6.21 Å². The smallest absolute Gasteiger partial charge is 0.294 e. The molecule has 0 radical (unpaired) electrons. The number of aliphatic imine (C=N–C) groups is 1. The number of hydrogen-bond acceptors (Lipinski definition) is 4. The van der Waals surface area contributed by atoms with Crippen LogP contribution in [-0.4, -0.2) is 11.2 Å². The van der Waals surface area contributed by atoms with E-state index in [1.807, 2.05) is 0 Å². The summed E-state index contributed by atoms with van der Waals surface area (Å²) >= 11 is 0. The van der Waals surface area contributed by atoms with Crippen molar-refractivity contribution in [1.82, 2.24) is 4.98 Å². The van der Waals surface area contributed by atoms with E-state index in [0.29, 0.717) is 11.6 Å². The second kappa shape index (κ2) is 2.88. The molecule has 0 fully saturated rings. The maximum Gasteiger partial charge on any atom is 0.294 e. The van der Waals surface area contributed by atoms with Gasteiger partial charge in [-0.05, 0) is 6.92 Å². The predicted octanol–water partition coefficient (Wildman–Crippen LogP) is 0.901. The fourth-order valence-corrected chi connectivity index (χ4v) is 0.627. The van der Waals surface area contributed by atoms with Gasteiger partial charge in [-0.15, -0.1) is 6.42 Å². The highest BCUT2D eigenvalue weighted by Gasteiger charge is 2.02. The second-order valence-corrected chi connectivity index (χ2v) is 1.86. The molecule has 4 heteroatoms. The highest BCUT2D eigenvalue weighted by atomic mass is 16.4. The third-order valence-electron chi connectivity index (χ3n) is 1.05. The van der Waals surface area contributed by atoms with E-state index in [0.717, 1.165) is 0 Å². The van der Waals surface area contributed by atoms with Crippen LogP contribution in [0.5, 0.6) is 0 Å². The maximum absolute atomic E-state index is 5.25. The Morgan fingerprint density at radius 1 is 1.82 bits per heavy atom. The van der Waals surface area contributed by atoms with Crippen molar-refractivity contribution < 1.29 is 4.42 Å². The average molecular weight is 149 g/mol. The summed E-state index contributed by atoms with van der Waals surface area (Å²) in [5.41, 5.74) is 5.25. The van der Waals surface area contributed by atoms with Crippen molar-refractivity contribution in [3.05, 3.63) is 5.76 Å². The molecule has 4 nitrogen and oxygen atoms in total. The van der Waals surface area contributed by atoms with E-state index in [1.54, 1.807) is 6.92 Å². The number of oxazole rings is 1. The topological polar surface area (TPSA) is 64.4 Å². The summed E-state index contributed by atoms with van der Waals surface area (Å²) in [6, 6.07) is 0.103. The Balaban J connectivity index is 2.96. The summed E-state index contributed by atoms with van der Waals surface area (Å²) in [4.78, 5) is 7.56. The van der Waals surface area contributed by atoms with E-state index < -0.39 is 0 Å². The molecule has 56 valence electrons. The number of nitrogen functional groups attached to an aromatic ring is 1. The van der Waals surface area contributed by atoms with E-state index in [4.69, 9.17) is 16.6 Å². The van der Waals surface area contributed by atoms with Gasteiger partial charge in [-0.1, -0.05) is 5.92 Å². The van der Waals surface area contributed by atoms with Crippen molar-refractivity contribution in [2.24, 2.45) is 4.99 Å². The molecule has 0 unspecified atom stereocenters. The van der Waals surface area contributed by atoms with Crippen LogP contribution in [0.1, 0.15) is 5.76 Å². The number of terminal acetylenes is 1. The molecule has 0 saturated carbocycles. The molecule has 1 aromatic heterocycles. The van der Waals surface area contributed by atoms with Crippen LogP contribution in [0.25, 0.3) is 0 Å². The number of aromatic nitrogens is 1. The summed E-state index contributed by atoms with van der Waals surface area (Å²) in [7, 11) is 0. The number of nitrogens with zero attached hydrogens (tertiary/aromatic N) is 2. The minimum atomic E-state index is 0.103. The Morgan fingerprint density at radius 3 is 3.00 bits per heavy atom. The van der Waals surface area contributed by atoms with Gasteiger partial charge >= 0.3 is 0 Å². The molecule has 1 aromatic rings. The molecule has 0 spiro atoms. The lowest BCUT2D eigenvalue weighted by Crippen LogP contribution is -1.80. The molecule has 0 saturated heterocycles. The average Bonchev–Trinajstić information content (AvgIpc) is 2.26. The molecule has 2 N–H and O–H groups in total. The van der Waals surface area contributed by atoms with Gasteiger partial charge in [-0.3, -0.25) is 0 Å². The van der Waals surface area contributed by atoms with Gasteiger partial charge in [0.2, 0.25) is 0 Å². The first kappa shape index (κ1) is 7.35. The first-order chi connectivity index (χ1) is 5.24. The van der Waals surface area contributed by atoms with Gasteiger partial charge in [-0.2, -0.15) is 4.98 Å². The Bertz CT molecular complexity index is 319. The lowest BCUT2D eigenvalue weighted by molar-refractivity contribution is 0.548. The predicted molar refractivity (Wildman–Crippen MR) is 42.6 cm³/mol. The summed E-state index contributed by atoms with van der Waals surface area (Å²) < 4.78 is 4.90.